The van der Waals surface area contributed by atoms with Gasteiger partial charge in [-0.2, -0.15) is 10.2 Å². The summed E-state index contributed by atoms with van der Waals surface area (Å²) in [6.07, 6.45) is 1.69. The number of carbonyl (C=O) groups excluding carboxylic acids is 1. The molecule has 0 unspecified atom stereocenters. The zero-order chi connectivity index (χ0) is 19.2. The molecule has 25 heavy (non-hydrogen) atoms. The minimum absolute atomic E-state index is 0.0740. The lowest BCUT2D eigenvalue weighted by atomic mass is 10.0. The number of rotatable bonds is 4. The van der Waals surface area contributed by atoms with Gasteiger partial charge < -0.3 is 4.74 Å². The third-order valence-corrected chi connectivity index (χ3v) is 4.13. The molecule has 0 aliphatic heterocycles. The second-order valence-electron chi connectivity index (χ2n) is 8.03. The molecule has 0 spiro atoms. The maximum atomic E-state index is 13.2. The largest absolute Gasteiger partial charge is 0.464 e. The normalized spacial score (nSPS) is 12.8. The van der Waals surface area contributed by atoms with Crippen molar-refractivity contribution < 1.29 is 9.53 Å². The first kappa shape index (κ1) is 19.1. The van der Waals surface area contributed by atoms with Crippen molar-refractivity contribution in [3.8, 4) is 0 Å². The molecule has 2 aromatic heterocycles. The van der Waals surface area contributed by atoms with Crippen LogP contribution in [0.1, 0.15) is 67.0 Å². The molecule has 0 saturated heterocycles. The van der Waals surface area contributed by atoms with Gasteiger partial charge in [0.05, 0.1) is 24.0 Å². The predicted molar refractivity (Wildman–Crippen MR) is 96.8 cm³/mol. The summed E-state index contributed by atoms with van der Waals surface area (Å²) in [5, 5.41) is 9.67. The van der Waals surface area contributed by atoms with Gasteiger partial charge in [-0.05, 0) is 47.5 Å². The second kappa shape index (κ2) is 6.28. The predicted octanol–water partition coefficient (Wildman–Crippen LogP) is 2.77. The Hall–Kier alpha value is -2.18. The fraction of sp³-hybridized carbons (Fsp3) is 0.667. The average Bonchev–Trinajstić information content (AvgIpc) is 2.92. The van der Waals surface area contributed by atoms with Crippen molar-refractivity contribution in [2.75, 3.05) is 6.61 Å². The molecule has 0 amide bonds. The third-order valence-electron chi connectivity index (χ3n) is 4.13. The Morgan fingerprint density at radius 2 is 1.80 bits per heavy atom. The highest BCUT2D eigenvalue weighted by atomic mass is 16.5. The quantitative estimate of drug-likeness (QED) is 0.794. The van der Waals surface area contributed by atoms with Crippen LogP contribution in [0.5, 0.6) is 0 Å². The number of ether oxygens (including phenoxy) is 1. The molecule has 2 heterocycles. The molecule has 2 rings (SSSR count). The Kier molecular flexibility index (Phi) is 4.81. The molecule has 0 fully saturated rings. The van der Waals surface area contributed by atoms with Crippen LogP contribution in [-0.2, 0) is 20.6 Å². The molecule has 0 N–H and O–H groups in total. The van der Waals surface area contributed by atoms with E-state index in [1.807, 2.05) is 34.6 Å². The Morgan fingerprint density at radius 1 is 1.20 bits per heavy atom. The number of hydrogen-bond acceptors (Lipinski definition) is 5. The summed E-state index contributed by atoms with van der Waals surface area (Å²) < 4.78 is 8.09. The summed E-state index contributed by atoms with van der Waals surface area (Å²) in [5.41, 5.74) is -0.726. The lowest BCUT2D eigenvalue weighted by Gasteiger charge is -2.26. The zero-order valence-corrected chi connectivity index (χ0v) is 16.4. The maximum Gasteiger partial charge on any atom is 0.333 e. The van der Waals surface area contributed by atoms with E-state index in [0.717, 1.165) is 11.1 Å². The van der Waals surface area contributed by atoms with Crippen molar-refractivity contribution in [1.29, 1.82) is 0 Å². The summed E-state index contributed by atoms with van der Waals surface area (Å²) in [6, 6.07) is 0. The van der Waals surface area contributed by atoms with Crippen molar-refractivity contribution in [1.82, 2.24) is 19.6 Å². The maximum absolute atomic E-state index is 13.2. The van der Waals surface area contributed by atoms with E-state index in [9.17, 15) is 9.59 Å². The minimum atomic E-state index is -1.21. The van der Waals surface area contributed by atoms with Crippen molar-refractivity contribution in [3.63, 3.8) is 0 Å². The molecule has 7 heteroatoms. The highest BCUT2D eigenvalue weighted by molar-refractivity contribution is 5.82. The van der Waals surface area contributed by atoms with Gasteiger partial charge >= 0.3 is 5.97 Å². The zero-order valence-electron chi connectivity index (χ0n) is 16.4. The Morgan fingerprint density at radius 3 is 2.28 bits per heavy atom. The summed E-state index contributed by atoms with van der Waals surface area (Å²) >= 11 is 0. The van der Waals surface area contributed by atoms with Gasteiger partial charge in [-0.3, -0.25) is 9.48 Å². The molecular weight excluding hydrogens is 320 g/mol. The van der Waals surface area contributed by atoms with E-state index >= 15 is 0 Å². The monoisotopic (exact) mass is 348 g/mol. The molecule has 0 radical (unpaired) electrons. The number of esters is 1. The topological polar surface area (TPSA) is 79.0 Å². The Labute approximate surface area is 148 Å². The van der Waals surface area contributed by atoms with Gasteiger partial charge in [0.15, 0.2) is 5.54 Å². The fourth-order valence-corrected chi connectivity index (χ4v) is 2.76. The van der Waals surface area contributed by atoms with E-state index in [1.54, 1.807) is 31.6 Å². The van der Waals surface area contributed by atoms with Crippen molar-refractivity contribution >= 4 is 16.9 Å². The van der Waals surface area contributed by atoms with E-state index in [1.165, 1.54) is 4.68 Å². The van der Waals surface area contributed by atoms with E-state index in [-0.39, 0.29) is 23.6 Å². The SMILES string of the molecule is CCOC(=O)C(C)(C)n1nc(C(C)C)c2cnn(C(C)(C)C)c2c1=O. The van der Waals surface area contributed by atoms with Gasteiger partial charge in [-0.25, -0.2) is 9.48 Å². The van der Waals surface area contributed by atoms with Crippen molar-refractivity contribution in [2.45, 2.75) is 72.4 Å². The summed E-state index contributed by atoms with van der Waals surface area (Å²) in [7, 11) is 0. The number of carbonyl (C=O) groups is 1. The molecule has 0 atom stereocenters. The highest BCUT2D eigenvalue weighted by Crippen LogP contribution is 2.26. The molecule has 0 saturated carbocycles. The Bertz CT molecular complexity index is 854. The average molecular weight is 348 g/mol. The smallest absolute Gasteiger partial charge is 0.333 e. The lowest BCUT2D eigenvalue weighted by Crippen LogP contribution is -2.46. The summed E-state index contributed by atoms with van der Waals surface area (Å²) in [5.74, 6) is -0.412. The van der Waals surface area contributed by atoms with Crippen LogP contribution < -0.4 is 5.56 Å². The number of aromatic nitrogens is 4. The fourth-order valence-electron chi connectivity index (χ4n) is 2.76. The third kappa shape index (κ3) is 3.19. The molecule has 7 nitrogen and oxygen atoms in total. The van der Waals surface area contributed by atoms with Crippen LogP contribution in [0.3, 0.4) is 0 Å². The Balaban J connectivity index is 2.89. The van der Waals surface area contributed by atoms with Gasteiger partial charge in [0.25, 0.3) is 5.56 Å². The molecule has 0 bridgehead atoms. The van der Waals surface area contributed by atoms with Crippen LogP contribution in [0.2, 0.25) is 0 Å². The summed E-state index contributed by atoms with van der Waals surface area (Å²) in [4.78, 5) is 25.6. The van der Waals surface area contributed by atoms with Gasteiger partial charge in [-0.1, -0.05) is 13.8 Å². The van der Waals surface area contributed by atoms with Gasteiger partial charge in [0, 0.05) is 5.39 Å². The standard InChI is InChI=1S/C18H28N4O3/c1-9-25-16(24)18(7,8)22-15(23)14-12(13(20-22)11(2)3)10-19-21(14)17(4,5)6/h10-11H,9H2,1-8H3. The molecule has 0 aliphatic carbocycles. The van der Waals surface area contributed by atoms with Crippen LogP contribution in [0, 0.1) is 0 Å². The number of hydrogen-bond donors (Lipinski definition) is 0. The first-order valence-electron chi connectivity index (χ1n) is 8.62. The first-order valence-corrected chi connectivity index (χ1v) is 8.62. The number of fused-ring (bicyclic) bond motifs is 1. The van der Waals surface area contributed by atoms with Crippen molar-refractivity contribution in [2.24, 2.45) is 0 Å². The molecule has 0 aliphatic rings. The van der Waals surface area contributed by atoms with Crippen LogP contribution in [0.25, 0.3) is 10.9 Å². The highest BCUT2D eigenvalue weighted by Gasteiger charge is 2.36. The van der Waals surface area contributed by atoms with Crippen LogP contribution >= 0.6 is 0 Å². The van der Waals surface area contributed by atoms with Gasteiger partial charge in [-0.15, -0.1) is 0 Å². The van der Waals surface area contributed by atoms with Crippen molar-refractivity contribution in [3.05, 3.63) is 22.2 Å². The van der Waals surface area contributed by atoms with E-state index < -0.39 is 11.5 Å². The number of nitrogens with zero attached hydrogens (tertiary/aromatic N) is 4. The summed E-state index contributed by atoms with van der Waals surface area (Å²) in [6.45, 7) is 15.2. The van der Waals surface area contributed by atoms with Crippen LogP contribution in [-0.4, -0.2) is 32.1 Å². The van der Waals surface area contributed by atoms with Crippen LogP contribution in [0.4, 0.5) is 0 Å². The van der Waals surface area contributed by atoms with Crippen LogP contribution in [0.15, 0.2) is 11.0 Å². The molecule has 0 aromatic carbocycles. The lowest BCUT2D eigenvalue weighted by molar-refractivity contribution is -0.152. The molecular formula is C18H28N4O3. The van der Waals surface area contributed by atoms with E-state index in [0.29, 0.717) is 5.52 Å². The molecule has 138 valence electrons. The minimum Gasteiger partial charge on any atom is -0.464 e. The second-order valence-corrected chi connectivity index (χ2v) is 8.03. The van der Waals surface area contributed by atoms with Gasteiger partial charge in [0.2, 0.25) is 0 Å². The van der Waals surface area contributed by atoms with Gasteiger partial charge in [0.1, 0.15) is 5.52 Å². The molecule has 2 aromatic rings. The first-order chi connectivity index (χ1) is 11.4. The van der Waals surface area contributed by atoms with E-state index in [2.05, 4.69) is 10.2 Å². The van der Waals surface area contributed by atoms with E-state index in [4.69, 9.17) is 4.74 Å².